The summed E-state index contributed by atoms with van der Waals surface area (Å²) in [6.07, 6.45) is 0. The van der Waals surface area contributed by atoms with Gasteiger partial charge in [-0.2, -0.15) is 0 Å². The summed E-state index contributed by atoms with van der Waals surface area (Å²) in [6, 6.07) is 2.98. The maximum atomic E-state index is 10.8. The molecule has 94 valence electrons. The summed E-state index contributed by atoms with van der Waals surface area (Å²) in [4.78, 5) is 15.0. The van der Waals surface area contributed by atoms with E-state index < -0.39 is 5.97 Å². The molecule has 6 nitrogen and oxygen atoms in total. The summed E-state index contributed by atoms with van der Waals surface area (Å²) in [5.41, 5.74) is 0.847. The number of aliphatic hydroxyl groups excluding tert-OH is 1. The van der Waals surface area contributed by atoms with Gasteiger partial charge in [0.15, 0.2) is 0 Å². The Hall–Kier alpha value is -1.66. The second-order valence-corrected chi connectivity index (χ2v) is 3.45. The van der Waals surface area contributed by atoms with Crippen LogP contribution in [0.15, 0.2) is 12.1 Å². The minimum atomic E-state index is -0.977. The first kappa shape index (κ1) is 13.4. The largest absolute Gasteiger partial charge is 0.478 e. The highest BCUT2D eigenvalue weighted by atomic mass is 16.5. The third-order valence-corrected chi connectivity index (χ3v) is 1.99. The van der Waals surface area contributed by atoms with Crippen molar-refractivity contribution in [3.63, 3.8) is 0 Å². The van der Waals surface area contributed by atoms with Crippen molar-refractivity contribution >= 4 is 11.8 Å². The first-order valence-electron chi connectivity index (χ1n) is 5.28. The quantitative estimate of drug-likeness (QED) is 0.601. The van der Waals surface area contributed by atoms with E-state index in [1.165, 1.54) is 12.1 Å². The molecule has 0 spiro atoms. The highest BCUT2D eigenvalue weighted by Crippen LogP contribution is 2.09. The number of aromatic carboxylic acids is 1. The van der Waals surface area contributed by atoms with Crippen LogP contribution in [0.1, 0.15) is 16.1 Å². The van der Waals surface area contributed by atoms with Gasteiger partial charge in [0.1, 0.15) is 5.82 Å². The average molecular weight is 240 g/mol. The maximum Gasteiger partial charge on any atom is 0.335 e. The number of nitrogens with zero attached hydrogens (tertiary/aromatic N) is 1. The first-order chi connectivity index (χ1) is 8.13. The molecule has 0 radical (unpaired) electrons. The molecule has 0 fully saturated rings. The lowest BCUT2D eigenvalue weighted by atomic mass is 10.2. The number of hydrogen-bond acceptors (Lipinski definition) is 5. The Balaban J connectivity index is 2.50. The molecule has 0 atom stereocenters. The number of carbonyl (C=O) groups is 1. The van der Waals surface area contributed by atoms with Gasteiger partial charge in [-0.3, -0.25) is 0 Å². The zero-order valence-electron chi connectivity index (χ0n) is 9.64. The number of aromatic nitrogens is 1. The van der Waals surface area contributed by atoms with Crippen LogP contribution >= 0.6 is 0 Å². The van der Waals surface area contributed by atoms with Crippen molar-refractivity contribution in [3.05, 3.63) is 23.4 Å². The van der Waals surface area contributed by atoms with Crippen LogP contribution in [0.3, 0.4) is 0 Å². The molecule has 17 heavy (non-hydrogen) atoms. The number of anilines is 1. The number of rotatable bonds is 7. The SMILES string of the molecule is Cc1cc(C(=O)O)cc(NCCOCCO)n1. The third kappa shape index (κ3) is 4.80. The van der Waals surface area contributed by atoms with Crippen molar-refractivity contribution < 1.29 is 19.7 Å². The van der Waals surface area contributed by atoms with E-state index in [0.29, 0.717) is 31.3 Å². The fraction of sp³-hybridized carbons (Fsp3) is 0.455. The molecule has 1 aromatic rings. The molecule has 3 N–H and O–H groups in total. The molecule has 1 aromatic heterocycles. The van der Waals surface area contributed by atoms with Crippen LogP contribution in [0.25, 0.3) is 0 Å². The molecule has 0 saturated heterocycles. The van der Waals surface area contributed by atoms with Gasteiger partial charge in [0.05, 0.1) is 25.4 Å². The zero-order valence-corrected chi connectivity index (χ0v) is 9.64. The monoisotopic (exact) mass is 240 g/mol. The third-order valence-electron chi connectivity index (χ3n) is 1.99. The van der Waals surface area contributed by atoms with E-state index in [9.17, 15) is 4.79 Å². The first-order valence-corrected chi connectivity index (χ1v) is 5.28. The maximum absolute atomic E-state index is 10.8. The molecule has 0 aromatic carbocycles. The van der Waals surface area contributed by atoms with Crippen LogP contribution < -0.4 is 5.32 Å². The lowest BCUT2D eigenvalue weighted by Crippen LogP contribution is -2.13. The van der Waals surface area contributed by atoms with E-state index >= 15 is 0 Å². The number of carboxylic acid groups (broad SMARTS) is 1. The number of pyridine rings is 1. The smallest absolute Gasteiger partial charge is 0.335 e. The normalized spacial score (nSPS) is 10.2. The molecule has 0 aliphatic heterocycles. The van der Waals surface area contributed by atoms with Crippen molar-refractivity contribution in [1.29, 1.82) is 0 Å². The average Bonchev–Trinajstić information content (AvgIpc) is 2.28. The van der Waals surface area contributed by atoms with Gasteiger partial charge in [-0.15, -0.1) is 0 Å². The van der Waals surface area contributed by atoms with E-state index in [-0.39, 0.29) is 12.2 Å². The second kappa shape index (κ2) is 6.82. The Morgan fingerprint density at radius 1 is 1.47 bits per heavy atom. The van der Waals surface area contributed by atoms with E-state index in [0.717, 1.165) is 0 Å². The molecule has 0 unspecified atom stereocenters. The lowest BCUT2D eigenvalue weighted by molar-refractivity contribution is 0.0696. The van der Waals surface area contributed by atoms with E-state index in [1.54, 1.807) is 6.92 Å². The Bertz CT molecular complexity index is 382. The number of hydrogen-bond donors (Lipinski definition) is 3. The highest BCUT2D eigenvalue weighted by Gasteiger charge is 2.05. The second-order valence-electron chi connectivity index (χ2n) is 3.45. The van der Waals surface area contributed by atoms with Gasteiger partial charge >= 0.3 is 5.97 Å². The molecule has 0 aliphatic rings. The van der Waals surface area contributed by atoms with Crippen LogP contribution in [0.2, 0.25) is 0 Å². The molecule has 1 heterocycles. The van der Waals surface area contributed by atoms with Crippen LogP contribution in [-0.4, -0.2) is 47.5 Å². The van der Waals surface area contributed by atoms with Crippen LogP contribution in [0.4, 0.5) is 5.82 Å². The van der Waals surface area contributed by atoms with Crippen LogP contribution in [0.5, 0.6) is 0 Å². The Labute approximate surface area is 99.3 Å². The lowest BCUT2D eigenvalue weighted by Gasteiger charge is -2.07. The minimum absolute atomic E-state index is 0.00808. The standard InChI is InChI=1S/C11H16N2O4/c1-8-6-9(11(15)16)7-10(13-8)12-2-4-17-5-3-14/h6-7,14H,2-5H2,1H3,(H,12,13)(H,15,16). The molecule has 0 bridgehead atoms. The molecule has 0 aliphatic carbocycles. The number of nitrogens with one attached hydrogen (secondary N) is 1. The van der Waals surface area contributed by atoms with Gasteiger partial charge in [-0.05, 0) is 19.1 Å². The van der Waals surface area contributed by atoms with Crippen LogP contribution in [0, 0.1) is 6.92 Å². The van der Waals surface area contributed by atoms with Gasteiger partial charge in [0, 0.05) is 12.2 Å². The number of aliphatic hydroxyl groups is 1. The summed E-state index contributed by atoms with van der Waals surface area (Å²) in [5.74, 6) is -0.468. The van der Waals surface area contributed by atoms with Gasteiger partial charge in [-0.1, -0.05) is 0 Å². The summed E-state index contributed by atoms with van der Waals surface area (Å²) < 4.78 is 5.06. The van der Waals surface area contributed by atoms with E-state index in [1.807, 2.05) is 0 Å². The van der Waals surface area contributed by atoms with Gasteiger partial charge in [0.2, 0.25) is 0 Å². The highest BCUT2D eigenvalue weighted by molar-refractivity contribution is 5.88. The number of aryl methyl sites for hydroxylation is 1. The molecule has 6 heteroatoms. The predicted molar refractivity (Wildman–Crippen MR) is 62.3 cm³/mol. The van der Waals surface area contributed by atoms with Gasteiger partial charge in [-0.25, -0.2) is 9.78 Å². The summed E-state index contributed by atoms with van der Waals surface area (Å²) in [5, 5.41) is 20.3. The van der Waals surface area contributed by atoms with Crippen LogP contribution in [-0.2, 0) is 4.74 Å². The Kier molecular flexibility index (Phi) is 5.38. The Morgan fingerprint density at radius 3 is 2.88 bits per heavy atom. The fourth-order valence-corrected chi connectivity index (χ4v) is 1.30. The topological polar surface area (TPSA) is 91.7 Å². The Morgan fingerprint density at radius 2 is 2.24 bits per heavy atom. The predicted octanol–water partition coefficient (Wildman–Crippen LogP) is 0.509. The number of ether oxygens (including phenoxy) is 1. The van der Waals surface area contributed by atoms with Crippen molar-refractivity contribution in [2.45, 2.75) is 6.92 Å². The van der Waals surface area contributed by atoms with Crippen molar-refractivity contribution in [2.24, 2.45) is 0 Å². The zero-order chi connectivity index (χ0) is 12.7. The molecule has 0 amide bonds. The minimum Gasteiger partial charge on any atom is -0.478 e. The van der Waals surface area contributed by atoms with Gasteiger partial charge in [0.25, 0.3) is 0 Å². The summed E-state index contributed by atoms with van der Waals surface area (Å²) in [7, 11) is 0. The summed E-state index contributed by atoms with van der Waals surface area (Å²) in [6.45, 7) is 2.96. The fourth-order valence-electron chi connectivity index (χ4n) is 1.30. The van der Waals surface area contributed by atoms with Gasteiger partial charge < -0.3 is 20.3 Å². The molecule has 1 rings (SSSR count). The molecular formula is C11H16N2O4. The van der Waals surface area contributed by atoms with Crippen molar-refractivity contribution in [3.8, 4) is 0 Å². The van der Waals surface area contributed by atoms with Crippen molar-refractivity contribution in [1.82, 2.24) is 4.98 Å². The van der Waals surface area contributed by atoms with E-state index in [4.69, 9.17) is 14.9 Å². The number of carboxylic acids is 1. The summed E-state index contributed by atoms with van der Waals surface area (Å²) >= 11 is 0. The van der Waals surface area contributed by atoms with Crippen molar-refractivity contribution in [2.75, 3.05) is 31.7 Å². The molecule has 0 saturated carbocycles. The van der Waals surface area contributed by atoms with E-state index in [2.05, 4.69) is 10.3 Å². The molecular weight excluding hydrogens is 224 g/mol.